The minimum Gasteiger partial charge on any atom is -0.402 e. The van der Waals surface area contributed by atoms with Crippen LogP contribution >= 0.6 is 0 Å². The van der Waals surface area contributed by atoms with Gasteiger partial charge in [0.05, 0.1) is 11.9 Å². The van der Waals surface area contributed by atoms with Crippen LogP contribution in [0.2, 0.25) is 0 Å². The van der Waals surface area contributed by atoms with E-state index >= 15 is 0 Å². The first-order valence-corrected chi connectivity index (χ1v) is 12.2. The summed E-state index contributed by atoms with van der Waals surface area (Å²) in [6.07, 6.45) is 4.17. The second kappa shape index (κ2) is 10.9. The molecule has 3 aromatic heterocycles. The summed E-state index contributed by atoms with van der Waals surface area (Å²) in [7, 11) is 0.786. The number of carbonyl (C=O) groups is 1. The number of hydrogen-bond acceptors (Lipinski definition) is 9. The van der Waals surface area contributed by atoms with E-state index in [4.69, 9.17) is 16.2 Å². The standard InChI is InChI=1S/C20H19FN8O2.C2H6OS/c1-10-7-8-25-19-13(10)14(28-29(19)9-11-5-3-4-6-12(11)21)18-26-16(22)15(17(23)27-18)31-20(30)24-2;1-4(2)3/h3-8H,9H2,1-2H3,(H,24,30)(H4,22,23,26,27);1-2H3. The third-order valence-corrected chi connectivity index (χ3v) is 4.65. The highest BCUT2D eigenvalue weighted by Gasteiger charge is 2.22. The minimum absolute atomic E-state index is 0.121. The molecule has 0 unspecified atom stereocenters. The molecule has 0 aliphatic rings. The van der Waals surface area contributed by atoms with Gasteiger partial charge < -0.3 is 21.5 Å². The highest BCUT2D eigenvalue weighted by Crippen LogP contribution is 2.33. The van der Waals surface area contributed by atoms with Gasteiger partial charge in [-0.1, -0.05) is 18.2 Å². The molecule has 5 N–H and O–H groups in total. The van der Waals surface area contributed by atoms with Crippen LogP contribution in [0.1, 0.15) is 11.1 Å². The van der Waals surface area contributed by atoms with Crippen LogP contribution in [-0.4, -0.2) is 54.6 Å². The number of nitrogen functional groups attached to an aromatic ring is 2. The van der Waals surface area contributed by atoms with Gasteiger partial charge in [-0.05, 0) is 24.6 Å². The molecule has 11 nitrogen and oxygen atoms in total. The Kier molecular flexibility index (Phi) is 7.91. The topological polar surface area (TPSA) is 164 Å². The molecule has 0 aliphatic heterocycles. The predicted molar refractivity (Wildman–Crippen MR) is 133 cm³/mol. The number of hydrogen-bond donors (Lipinski definition) is 3. The smallest absolute Gasteiger partial charge is 0.402 e. The maximum absolute atomic E-state index is 14.2. The van der Waals surface area contributed by atoms with Gasteiger partial charge in [-0.3, -0.25) is 4.21 Å². The number of benzene rings is 1. The molecule has 0 saturated heterocycles. The number of nitrogens with two attached hydrogens (primary N) is 2. The summed E-state index contributed by atoms with van der Waals surface area (Å²) < 4.78 is 30.3. The summed E-state index contributed by atoms with van der Waals surface area (Å²) >= 11 is 0. The summed E-state index contributed by atoms with van der Waals surface area (Å²) in [6.45, 7) is 2.04. The van der Waals surface area contributed by atoms with Crippen molar-refractivity contribution in [3.63, 3.8) is 0 Å². The van der Waals surface area contributed by atoms with Crippen molar-refractivity contribution in [2.24, 2.45) is 0 Å². The Morgan fingerprint density at radius 1 is 1.17 bits per heavy atom. The van der Waals surface area contributed by atoms with Gasteiger partial charge in [0.2, 0.25) is 5.75 Å². The van der Waals surface area contributed by atoms with Gasteiger partial charge in [0, 0.05) is 42.1 Å². The quantitative estimate of drug-likeness (QED) is 0.381. The zero-order chi connectivity index (χ0) is 25.7. The third kappa shape index (κ3) is 5.87. The van der Waals surface area contributed by atoms with Crippen molar-refractivity contribution >= 4 is 39.6 Å². The van der Waals surface area contributed by atoms with Crippen molar-refractivity contribution in [3.8, 4) is 17.3 Å². The molecule has 0 aliphatic carbocycles. The van der Waals surface area contributed by atoms with Crippen molar-refractivity contribution in [1.29, 1.82) is 0 Å². The molecule has 3 heterocycles. The molecule has 0 atom stereocenters. The van der Waals surface area contributed by atoms with E-state index in [1.165, 1.54) is 13.1 Å². The lowest BCUT2D eigenvalue weighted by Crippen LogP contribution is -2.23. The Morgan fingerprint density at radius 2 is 1.80 bits per heavy atom. The number of carbonyl (C=O) groups excluding carboxylic acids is 1. The summed E-state index contributed by atoms with van der Waals surface area (Å²) in [5.41, 5.74) is 14.1. The fraction of sp³-hybridized carbons (Fsp3) is 0.227. The van der Waals surface area contributed by atoms with Crippen LogP contribution in [0.3, 0.4) is 0 Å². The van der Waals surface area contributed by atoms with E-state index in [0.717, 1.165) is 5.56 Å². The Balaban J connectivity index is 0.000000795. The first-order valence-electron chi connectivity index (χ1n) is 10.3. The number of aryl methyl sites for hydroxylation is 1. The van der Waals surface area contributed by atoms with Crippen LogP contribution in [0.4, 0.5) is 20.8 Å². The predicted octanol–water partition coefficient (Wildman–Crippen LogP) is 2.26. The molecule has 13 heteroatoms. The number of pyridine rings is 1. The number of rotatable bonds is 4. The molecular weight excluding hydrogens is 475 g/mol. The minimum atomic E-state index is -0.755. The van der Waals surface area contributed by atoms with Crippen LogP contribution in [-0.2, 0) is 17.3 Å². The monoisotopic (exact) mass is 500 g/mol. The van der Waals surface area contributed by atoms with E-state index in [0.29, 0.717) is 22.3 Å². The first kappa shape index (κ1) is 25.5. The van der Waals surface area contributed by atoms with E-state index in [9.17, 15) is 13.4 Å². The molecule has 0 bridgehead atoms. The number of amides is 1. The Morgan fingerprint density at radius 3 is 2.40 bits per heavy atom. The molecule has 184 valence electrons. The summed E-state index contributed by atoms with van der Waals surface area (Å²) in [6, 6.07) is 8.25. The SMILES string of the molecule is CNC(=O)Oc1c(N)nc(-c2nn(Cc3ccccc3F)c3nccc(C)c23)nc1N.CS(C)=O. The average molecular weight is 501 g/mol. The highest BCUT2D eigenvalue weighted by atomic mass is 32.2. The molecule has 0 saturated carbocycles. The Hall–Kier alpha value is -4.13. The zero-order valence-corrected chi connectivity index (χ0v) is 20.4. The third-order valence-electron chi connectivity index (χ3n) is 4.65. The molecule has 1 amide bonds. The van der Waals surface area contributed by atoms with Crippen molar-refractivity contribution in [3.05, 3.63) is 53.5 Å². The molecule has 1 aromatic carbocycles. The summed E-state index contributed by atoms with van der Waals surface area (Å²) in [4.78, 5) is 24.4. The van der Waals surface area contributed by atoms with Crippen LogP contribution in [0.5, 0.6) is 5.75 Å². The van der Waals surface area contributed by atoms with Gasteiger partial charge in [-0.15, -0.1) is 0 Å². The number of nitrogens with zero attached hydrogens (tertiary/aromatic N) is 5. The molecule has 0 spiro atoms. The van der Waals surface area contributed by atoms with E-state index in [-0.39, 0.29) is 35.6 Å². The molecule has 0 fully saturated rings. The fourth-order valence-corrected chi connectivity index (χ4v) is 3.15. The van der Waals surface area contributed by atoms with Crippen molar-refractivity contribution in [2.45, 2.75) is 13.5 Å². The van der Waals surface area contributed by atoms with Gasteiger partial charge in [-0.2, -0.15) is 5.10 Å². The van der Waals surface area contributed by atoms with Gasteiger partial charge in [0.1, 0.15) is 11.5 Å². The Bertz CT molecular complexity index is 1380. The van der Waals surface area contributed by atoms with Crippen LogP contribution in [0.25, 0.3) is 22.6 Å². The van der Waals surface area contributed by atoms with E-state index in [1.54, 1.807) is 41.6 Å². The molecule has 4 rings (SSSR count). The number of anilines is 2. The van der Waals surface area contributed by atoms with Crippen molar-refractivity contribution in [2.75, 3.05) is 31.0 Å². The molecule has 0 radical (unpaired) electrons. The number of aromatic nitrogens is 5. The van der Waals surface area contributed by atoms with E-state index in [1.807, 2.05) is 13.0 Å². The molecular formula is C22H25FN8O3S. The summed E-state index contributed by atoms with van der Waals surface area (Å²) in [5.74, 6) is -0.602. The molecule has 35 heavy (non-hydrogen) atoms. The second-order valence-electron chi connectivity index (χ2n) is 7.45. The lowest BCUT2D eigenvalue weighted by Gasteiger charge is -2.09. The Labute approximate surface area is 203 Å². The number of halogens is 1. The van der Waals surface area contributed by atoms with Crippen molar-refractivity contribution < 1.29 is 18.1 Å². The highest BCUT2D eigenvalue weighted by molar-refractivity contribution is 7.83. The lowest BCUT2D eigenvalue weighted by atomic mass is 10.1. The molecule has 4 aromatic rings. The van der Waals surface area contributed by atoms with E-state index < -0.39 is 16.9 Å². The van der Waals surface area contributed by atoms with Crippen LogP contribution in [0.15, 0.2) is 36.5 Å². The van der Waals surface area contributed by atoms with E-state index in [2.05, 4.69) is 25.4 Å². The van der Waals surface area contributed by atoms with Gasteiger partial charge in [0.15, 0.2) is 23.1 Å². The van der Waals surface area contributed by atoms with Crippen LogP contribution in [0, 0.1) is 12.7 Å². The van der Waals surface area contributed by atoms with Crippen molar-refractivity contribution in [1.82, 2.24) is 30.0 Å². The zero-order valence-electron chi connectivity index (χ0n) is 19.6. The maximum atomic E-state index is 14.2. The van der Waals surface area contributed by atoms with Crippen LogP contribution < -0.4 is 21.5 Å². The number of nitrogens with one attached hydrogen (secondary N) is 1. The second-order valence-corrected chi connectivity index (χ2v) is 8.94. The number of fused-ring (bicyclic) bond motifs is 1. The largest absolute Gasteiger partial charge is 0.412 e. The summed E-state index contributed by atoms with van der Waals surface area (Å²) in [5, 5.41) is 7.55. The fourth-order valence-electron chi connectivity index (χ4n) is 3.15. The van der Waals surface area contributed by atoms with Gasteiger partial charge >= 0.3 is 6.09 Å². The first-order chi connectivity index (χ1) is 16.6. The van der Waals surface area contributed by atoms with Gasteiger partial charge in [0.25, 0.3) is 0 Å². The number of ether oxygens (including phenoxy) is 1. The normalized spacial score (nSPS) is 10.7. The maximum Gasteiger partial charge on any atom is 0.412 e. The average Bonchev–Trinajstić information content (AvgIpc) is 3.17. The lowest BCUT2D eigenvalue weighted by molar-refractivity contribution is 0.203. The van der Waals surface area contributed by atoms with Gasteiger partial charge in [-0.25, -0.2) is 28.8 Å².